The third kappa shape index (κ3) is 5.34. The molecule has 0 aliphatic heterocycles. The number of hydrogen-bond acceptors (Lipinski definition) is 4. The molecule has 0 radical (unpaired) electrons. The van der Waals surface area contributed by atoms with Crippen LogP contribution in [0.25, 0.3) is 0 Å². The van der Waals surface area contributed by atoms with Gasteiger partial charge in [0.05, 0.1) is 5.25 Å². The highest BCUT2D eigenvalue weighted by atomic mass is 32.2. The number of carbonyl (C=O) groups excluding carboxylic acids is 1. The van der Waals surface area contributed by atoms with E-state index in [1.54, 1.807) is 4.57 Å². The Morgan fingerprint density at radius 3 is 2.41 bits per heavy atom. The SMILES string of the molecule is CC(Sc1n[nH]c(=O)n1CCc1ccccc1)C(=O)NCc1ccccc1. The summed E-state index contributed by atoms with van der Waals surface area (Å²) in [6, 6.07) is 19.7. The number of aromatic nitrogens is 3. The highest BCUT2D eigenvalue weighted by Gasteiger charge is 2.18. The first-order valence-corrected chi connectivity index (χ1v) is 9.69. The van der Waals surface area contributed by atoms with E-state index in [1.165, 1.54) is 11.8 Å². The van der Waals surface area contributed by atoms with Crippen LogP contribution >= 0.6 is 11.8 Å². The van der Waals surface area contributed by atoms with Crippen LogP contribution in [0.5, 0.6) is 0 Å². The number of nitrogens with zero attached hydrogens (tertiary/aromatic N) is 2. The Balaban J connectivity index is 1.58. The van der Waals surface area contributed by atoms with Gasteiger partial charge in [-0.3, -0.25) is 9.36 Å². The van der Waals surface area contributed by atoms with E-state index < -0.39 is 0 Å². The van der Waals surface area contributed by atoms with Crippen molar-refractivity contribution in [2.45, 2.75) is 36.8 Å². The summed E-state index contributed by atoms with van der Waals surface area (Å²) in [6.45, 7) is 2.80. The summed E-state index contributed by atoms with van der Waals surface area (Å²) in [5, 5.41) is 9.64. The van der Waals surface area contributed by atoms with Gasteiger partial charge >= 0.3 is 5.69 Å². The van der Waals surface area contributed by atoms with Crippen LogP contribution in [0.1, 0.15) is 18.1 Å². The van der Waals surface area contributed by atoms with Gasteiger partial charge in [-0.2, -0.15) is 0 Å². The van der Waals surface area contributed by atoms with Crippen molar-refractivity contribution in [3.05, 3.63) is 82.3 Å². The number of rotatable bonds is 8. The lowest BCUT2D eigenvalue weighted by Crippen LogP contribution is -2.31. The van der Waals surface area contributed by atoms with Gasteiger partial charge in [0.2, 0.25) is 5.91 Å². The van der Waals surface area contributed by atoms with E-state index in [9.17, 15) is 9.59 Å². The van der Waals surface area contributed by atoms with Gasteiger partial charge in [0.1, 0.15) is 0 Å². The molecular formula is C20H22N4O2S. The number of aryl methyl sites for hydroxylation is 1. The van der Waals surface area contributed by atoms with Gasteiger partial charge in [0, 0.05) is 13.1 Å². The standard InChI is InChI=1S/C20H22N4O2S/c1-15(18(25)21-14-17-10-6-3-7-11-17)27-20-23-22-19(26)24(20)13-12-16-8-4-2-5-9-16/h2-11,15H,12-14H2,1H3,(H,21,25)(H,22,26). The smallest absolute Gasteiger partial charge is 0.343 e. The molecule has 2 N–H and O–H groups in total. The lowest BCUT2D eigenvalue weighted by Gasteiger charge is -2.12. The molecule has 0 aliphatic rings. The second-order valence-electron chi connectivity index (χ2n) is 6.16. The predicted molar refractivity (Wildman–Crippen MR) is 107 cm³/mol. The van der Waals surface area contributed by atoms with Crippen molar-refractivity contribution in [1.29, 1.82) is 0 Å². The molecule has 1 amide bonds. The maximum atomic E-state index is 12.4. The summed E-state index contributed by atoms with van der Waals surface area (Å²) in [5.41, 5.74) is 1.93. The molecule has 0 saturated carbocycles. The maximum Gasteiger partial charge on any atom is 0.343 e. The molecule has 1 unspecified atom stereocenters. The molecular weight excluding hydrogens is 360 g/mol. The van der Waals surface area contributed by atoms with Crippen molar-refractivity contribution >= 4 is 17.7 Å². The Morgan fingerprint density at radius 1 is 1.11 bits per heavy atom. The molecule has 6 nitrogen and oxygen atoms in total. The van der Waals surface area contributed by atoms with Crippen molar-refractivity contribution < 1.29 is 4.79 Å². The average Bonchev–Trinajstić information content (AvgIpc) is 3.05. The number of amides is 1. The third-order valence-corrected chi connectivity index (χ3v) is 5.24. The third-order valence-electron chi connectivity index (χ3n) is 4.15. The molecule has 7 heteroatoms. The van der Waals surface area contributed by atoms with Gasteiger partial charge in [0.15, 0.2) is 5.16 Å². The van der Waals surface area contributed by atoms with Gasteiger partial charge in [-0.1, -0.05) is 72.4 Å². The van der Waals surface area contributed by atoms with E-state index in [0.717, 1.165) is 17.5 Å². The maximum absolute atomic E-state index is 12.4. The fourth-order valence-electron chi connectivity index (χ4n) is 2.62. The minimum atomic E-state index is -0.362. The zero-order valence-corrected chi connectivity index (χ0v) is 15.9. The first-order chi connectivity index (χ1) is 13.1. The first-order valence-electron chi connectivity index (χ1n) is 8.81. The van der Waals surface area contributed by atoms with Gasteiger partial charge in [-0.15, -0.1) is 5.10 Å². The number of thioether (sulfide) groups is 1. The molecule has 1 heterocycles. The van der Waals surface area contributed by atoms with Crippen molar-refractivity contribution in [3.8, 4) is 0 Å². The highest BCUT2D eigenvalue weighted by Crippen LogP contribution is 2.20. The summed E-state index contributed by atoms with van der Waals surface area (Å²) >= 11 is 1.28. The molecule has 0 fully saturated rings. The zero-order valence-electron chi connectivity index (χ0n) is 15.1. The molecule has 1 aromatic heterocycles. The van der Waals surface area contributed by atoms with E-state index in [2.05, 4.69) is 15.5 Å². The van der Waals surface area contributed by atoms with Crippen molar-refractivity contribution in [3.63, 3.8) is 0 Å². The second-order valence-corrected chi connectivity index (χ2v) is 7.47. The molecule has 3 rings (SSSR count). The Labute approximate surface area is 162 Å². The summed E-state index contributed by atoms with van der Waals surface area (Å²) in [6.07, 6.45) is 0.725. The van der Waals surface area contributed by atoms with Crippen molar-refractivity contribution in [2.75, 3.05) is 0 Å². The van der Waals surface area contributed by atoms with Crippen molar-refractivity contribution in [2.24, 2.45) is 0 Å². The van der Waals surface area contributed by atoms with Crippen LogP contribution < -0.4 is 11.0 Å². The van der Waals surface area contributed by atoms with E-state index in [-0.39, 0.29) is 16.8 Å². The molecule has 0 aliphatic carbocycles. The number of carbonyl (C=O) groups is 1. The molecule has 0 spiro atoms. The summed E-state index contributed by atoms with van der Waals surface area (Å²) < 4.78 is 1.58. The topological polar surface area (TPSA) is 79.8 Å². The number of hydrogen-bond donors (Lipinski definition) is 2. The van der Waals surface area contributed by atoms with Gasteiger partial charge in [-0.05, 0) is 24.5 Å². The molecule has 2 aromatic carbocycles. The highest BCUT2D eigenvalue weighted by molar-refractivity contribution is 8.00. The van der Waals surface area contributed by atoms with Crippen LogP contribution in [-0.4, -0.2) is 25.9 Å². The van der Waals surface area contributed by atoms with Crippen LogP contribution in [0, 0.1) is 0 Å². The van der Waals surface area contributed by atoms with Crippen LogP contribution in [0.15, 0.2) is 70.6 Å². The molecule has 27 heavy (non-hydrogen) atoms. The minimum Gasteiger partial charge on any atom is -0.351 e. The fourth-order valence-corrected chi connectivity index (χ4v) is 3.52. The first kappa shape index (κ1) is 19.0. The lowest BCUT2D eigenvalue weighted by atomic mass is 10.1. The second kappa shape index (κ2) is 9.23. The van der Waals surface area contributed by atoms with E-state index in [1.807, 2.05) is 67.6 Å². The van der Waals surface area contributed by atoms with Gasteiger partial charge in [-0.25, -0.2) is 9.89 Å². The number of nitrogens with one attached hydrogen (secondary N) is 2. The largest absolute Gasteiger partial charge is 0.351 e. The molecule has 1 atom stereocenters. The molecule has 0 saturated heterocycles. The molecule has 140 valence electrons. The van der Waals surface area contributed by atoms with E-state index >= 15 is 0 Å². The quantitative estimate of drug-likeness (QED) is 0.587. The number of benzene rings is 2. The number of aromatic amines is 1. The fraction of sp³-hybridized carbons (Fsp3) is 0.250. The predicted octanol–water partition coefficient (Wildman–Crippen LogP) is 2.61. The Hall–Kier alpha value is -2.80. The summed E-state index contributed by atoms with van der Waals surface area (Å²) in [4.78, 5) is 24.4. The molecule has 0 bridgehead atoms. The zero-order chi connectivity index (χ0) is 19.1. The Morgan fingerprint density at radius 2 is 1.74 bits per heavy atom. The van der Waals surface area contributed by atoms with Gasteiger partial charge < -0.3 is 5.32 Å². The Bertz CT molecular complexity index is 922. The monoisotopic (exact) mass is 382 g/mol. The number of H-pyrrole nitrogens is 1. The van der Waals surface area contributed by atoms with Crippen LogP contribution in [0.3, 0.4) is 0 Å². The summed E-state index contributed by atoms with van der Waals surface area (Å²) in [5.74, 6) is -0.0890. The molecule has 3 aromatic rings. The van der Waals surface area contributed by atoms with Crippen molar-refractivity contribution in [1.82, 2.24) is 20.1 Å². The van der Waals surface area contributed by atoms with E-state index in [4.69, 9.17) is 0 Å². The Kier molecular flexibility index (Phi) is 6.49. The van der Waals surface area contributed by atoms with E-state index in [0.29, 0.717) is 18.2 Å². The lowest BCUT2D eigenvalue weighted by molar-refractivity contribution is -0.120. The van der Waals surface area contributed by atoms with Crippen LogP contribution in [0.2, 0.25) is 0 Å². The van der Waals surface area contributed by atoms with Crippen LogP contribution in [-0.2, 0) is 24.3 Å². The summed E-state index contributed by atoms with van der Waals surface area (Å²) in [7, 11) is 0. The van der Waals surface area contributed by atoms with Crippen LogP contribution in [0.4, 0.5) is 0 Å². The normalized spacial score (nSPS) is 11.9. The van der Waals surface area contributed by atoms with Gasteiger partial charge in [0.25, 0.3) is 0 Å². The average molecular weight is 382 g/mol. The minimum absolute atomic E-state index is 0.0890.